The number of H-pyrrole nitrogens is 1. The van der Waals surface area contributed by atoms with Crippen molar-refractivity contribution in [2.75, 3.05) is 0 Å². The normalized spacial score (nSPS) is 11.8. The molecule has 7 nitrogen and oxygen atoms in total. The zero-order chi connectivity index (χ0) is 18.6. The van der Waals surface area contributed by atoms with Crippen molar-refractivity contribution in [2.24, 2.45) is 5.10 Å². The van der Waals surface area contributed by atoms with E-state index in [9.17, 15) is 22.8 Å². The third-order valence-electron chi connectivity index (χ3n) is 3.03. The number of carboxylic acids is 1. The highest BCUT2D eigenvalue weighted by molar-refractivity contribution is 7.71. The quantitative estimate of drug-likeness (QED) is 0.619. The van der Waals surface area contributed by atoms with Gasteiger partial charge in [-0.05, 0) is 29.9 Å². The summed E-state index contributed by atoms with van der Waals surface area (Å²) in [5.74, 6) is -1.11. The minimum atomic E-state index is -4.50. The molecule has 2 rings (SSSR count). The van der Waals surface area contributed by atoms with Crippen LogP contribution in [-0.4, -0.2) is 32.2 Å². The highest BCUT2D eigenvalue weighted by atomic mass is 32.1. The van der Waals surface area contributed by atoms with Crippen LogP contribution in [0.1, 0.15) is 23.2 Å². The summed E-state index contributed by atoms with van der Waals surface area (Å²) in [5.41, 5.74) is -1.59. The zero-order valence-electron chi connectivity index (χ0n) is 12.4. The number of carboxylic acid groups (broad SMARTS) is 1. The van der Waals surface area contributed by atoms with Crippen molar-refractivity contribution in [3.05, 3.63) is 56.2 Å². The number of carbonyl (C=O) groups is 1. The highest BCUT2D eigenvalue weighted by Gasteiger charge is 2.30. The Kier molecular flexibility index (Phi) is 5.47. The van der Waals surface area contributed by atoms with Crippen molar-refractivity contribution in [1.29, 1.82) is 0 Å². The van der Waals surface area contributed by atoms with Gasteiger partial charge in [0.05, 0.1) is 18.2 Å². The van der Waals surface area contributed by atoms with E-state index in [1.165, 1.54) is 12.1 Å². The molecule has 11 heteroatoms. The van der Waals surface area contributed by atoms with Gasteiger partial charge in [0.15, 0.2) is 0 Å². The first-order chi connectivity index (χ1) is 11.7. The molecule has 2 aromatic rings. The number of alkyl halides is 3. The summed E-state index contributed by atoms with van der Waals surface area (Å²) in [6.07, 6.45) is -3.91. The molecule has 0 radical (unpaired) electrons. The maximum atomic E-state index is 12.7. The molecule has 0 bridgehead atoms. The van der Waals surface area contributed by atoms with Crippen molar-refractivity contribution >= 4 is 24.4 Å². The molecule has 1 heterocycles. The first kappa shape index (κ1) is 18.5. The molecule has 0 unspecified atom stereocenters. The Morgan fingerprint density at radius 1 is 1.44 bits per heavy atom. The van der Waals surface area contributed by atoms with E-state index in [2.05, 4.69) is 15.3 Å². The van der Waals surface area contributed by atoms with Gasteiger partial charge >= 0.3 is 12.1 Å². The van der Waals surface area contributed by atoms with Crippen molar-refractivity contribution in [1.82, 2.24) is 14.9 Å². The lowest BCUT2D eigenvalue weighted by atomic mass is 10.1. The first-order valence-electron chi connectivity index (χ1n) is 6.82. The largest absolute Gasteiger partial charge is 0.481 e. The first-order valence-corrected chi connectivity index (χ1v) is 7.23. The van der Waals surface area contributed by atoms with E-state index in [1.807, 2.05) is 0 Å². The third kappa shape index (κ3) is 4.83. The van der Waals surface area contributed by atoms with Gasteiger partial charge in [-0.25, -0.2) is 0 Å². The molecule has 0 saturated heterocycles. The molecule has 0 saturated carbocycles. The number of aliphatic carboxylic acids is 1. The Labute approximate surface area is 143 Å². The monoisotopic (exact) mass is 372 g/mol. The van der Waals surface area contributed by atoms with Crippen molar-refractivity contribution in [3.8, 4) is 0 Å². The van der Waals surface area contributed by atoms with E-state index in [0.29, 0.717) is 0 Å². The Balaban J connectivity index is 2.35. The topological polar surface area (TPSA) is 100 Å². The number of benzene rings is 1. The lowest BCUT2D eigenvalue weighted by Crippen LogP contribution is -2.25. The fraction of sp³-hybridized carbons (Fsp3) is 0.214. The molecule has 0 spiro atoms. The minimum absolute atomic E-state index is 0.0998. The highest BCUT2D eigenvalue weighted by Crippen LogP contribution is 2.29. The van der Waals surface area contributed by atoms with E-state index in [-0.39, 0.29) is 28.9 Å². The fourth-order valence-corrected chi connectivity index (χ4v) is 2.01. The van der Waals surface area contributed by atoms with Gasteiger partial charge in [-0.2, -0.15) is 28.0 Å². The van der Waals surface area contributed by atoms with Crippen LogP contribution < -0.4 is 5.56 Å². The summed E-state index contributed by atoms with van der Waals surface area (Å²) in [6, 6.07) is 4.36. The van der Waals surface area contributed by atoms with Gasteiger partial charge in [0.1, 0.15) is 5.69 Å². The fourth-order valence-electron chi connectivity index (χ4n) is 1.84. The van der Waals surface area contributed by atoms with Gasteiger partial charge in [-0.3, -0.25) is 14.7 Å². The smallest absolute Gasteiger partial charge is 0.416 e. The van der Waals surface area contributed by atoms with Crippen molar-refractivity contribution < 1.29 is 23.1 Å². The van der Waals surface area contributed by atoms with E-state index in [0.717, 1.165) is 23.0 Å². The molecule has 0 fully saturated rings. The number of nitrogens with one attached hydrogen (secondary N) is 1. The van der Waals surface area contributed by atoms with E-state index < -0.39 is 23.3 Å². The molecule has 0 amide bonds. The Morgan fingerprint density at radius 2 is 2.16 bits per heavy atom. The average Bonchev–Trinajstić information content (AvgIpc) is 2.53. The molecule has 25 heavy (non-hydrogen) atoms. The molecule has 0 aliphatic carbocycles. The summed E-state index contributed by atoms with van der Waals surface area (Å²) in [5, 5.41) is 18.4. The maximum absolute atomic E-state index is 12.7. The predicted octanol–water partition coefficient (Wildman–Crippen LogP) is 2.22. The average molecular weight is 372 g/mol. The van der Waals surface area contributed by atoms with Crippen LogP contribution >= 0.6 is 12.2 Å². The van der Waals surface area contributed by atoms with Crippen LogP contribution in [0.5, 0.6) is 0 Å². The second kappa shape index (κ2) is 7.38. The lowest BCUT2D eigenvalue weighted by Gasteiger charge is -2.06. The Morgan fingerprint density at radius 3 is 2.80 bits per heavy atom. The number of hydrogen-bond acceptors (Lipinski definition) is 5. The molecule has 132 valence electrons. The summed E-state index contributed by atoms with van der Waals surface area (Å²) in [4.78, 5) is 22.7. The van der Waals surface area contributed by atoms with Crippen molar-refractivity contribution in [3.63, 3.8) is 0 Å². The summed E-state index contributed by atoms with van der Waals surface area (Å²) in [6.45, 7) is 0. The van der Waals surface area contributed by atoms with Gasteiger partial charge in [-0.1, -0.05) is 12.1 Å². The van der Waals surface area contributed by atoms with Crippen LogP contribution in [0.15, 0.2) is 34.2 Å². The minimum Gasteiger partial charge on any atom is -0.481 e. The maximum Gasteiger partial charge on any atom is 0.416 e. The van der Waals surface area contributed by atoms with Gasteiger partial charge < -0.3 is 5.11 Å². The van der Waals surface area contributed by atoms with Gasteiger partial charge in [0.2, 0.25) is 4.77 Å². The third-order valence-corrected chi connectivity index (χ3v) is 3.29. The second-order valence-electron chi connectivity index (χ2n) is 4.85. The van der Waals surface area contributed by atoms with E-state index in [4.69, 9.17) is 17.3 Å². The number of halogens is 3. The van der Waals surface area contributed by atoms with E-state index in [1.54, 1.807) is 0 Å². The van der Waals surface area contributed by atoms with Gasteiger partial charge in [0.25, 0.3) is 5.56 Å². The number of hydrogen-bond donors (Lipinski definition) is 2. The molecule has 0 atom stereocenters. The van der Waals surface area contributed by atoms with Crippen LogP contribution in [0, 0.1) is 4.77 Å². The van der Waals surface area contributed by atoms with Crippen LogP contribution in [0.2, 0.25) is 0 Å². The molecule has 1 aromatic carbocycles. The SMILES string of the molecule is O=C(O)CCc1n[nH]c(=S)n(/N=C\c2cccc(C(F)(F)F)c2)c1=O. The number of rotatable bonds is 5. The molecule has 0 aliphatic rings. The Hall–Kier alpha value is -2.82. The Bertz CT molecular complexity index is 934. The van der Waals surface area contributed by atoms with E-state index >= 15 is 0 Å². The molecular weight excluding hydrogens is 361 g/mol. The zero-order valence-corrected chi connectivity index (χ0v) is 13.3. The van der Waals surface area contributed by atoms with Crippen LogP contribution in [-0.2, 0) is 17.4 Å². The van der Waals surface area contributed by atoms with Crippen LogP contribution in [0.25, 0.3) is 0 Å². The second-order valence-corrected chi connectivity index (χ2v) is 5.24. The summed E-state index contributed by atoms with van der Waals surface area (Å²) in [7, 11) is 0. The summed E-state index contributed by atoms with van der Waals surface area (Å²) < 4.78 is 38.6. The number of nitrogens with zero attached hydrogens (tertiary/aromatic N) is 3. The van der Waals surface area contributed by atoms with Crippen molar-refractivity contribution in [2.45, 2.75) is 19.0 Å². The molecule has 1 aromatic heterocycles. The predicted molar refractivity (Wildman–Crippen MR) is 84.1 cm³/mol. The number of aromatic nitrogens is 3. The number of aromatic amines is 1. The lowest BCUT2D eigenvalue weighted by molar-refractivity contribution is -0.138. The molecule has 0 aliphatic heterocycles. The van der Waals surface area contributed by atoms with Gasteiger partial charge in [-0.15, -0.1) is 0 Å². The standard InChI is InChI=1S/C14H11F3N4O3S/c15-14(16,17)9-3-1-2-8(6-9)7-18-21-12(24)10(4-5-11(22)23)19-20-13(21)25/h1-3,6-7H,4-5H2,(H,20,25)(H,22,23)/b18-7-. The van der Waals surface area contributed by atoms with Crippen LogP contribution in [0.3, 0.4) is 0 Å². The molecule has 2 N–H and O–H groups in total. The van der Waals surface area contributed by atoms with Crippen LogP contribution in [0.4, 0.5) is 13.2 Å². The molecular formula is C14H11F3N4O3S. The van der Waals surface area contributed by atoms with Gasteiger partial charge in [0, 0.05) is 6.42 Å². The summed E-state index contributed by atoms with van der Waals surface area (Å²) >= 11 is 4.87. The number of aryl methyl sites for hydroxylation is 1.